The van der Waals surface area contributed by atoms with Gasteiger partial charge in [0.1, 0.15) is 0 Å². The monoisotopic (exact) mass is 425 g/mol. The third kappa shape index (κ3) is 4.12. The quantitative estimate of drug-likeness (QED) is 0.678. The third-order valence-electron chi connectivity index (χ3n) is 5.12. The van der Waals surface area contributed by atoms with Crippen LogP contribution >= 0.6 is 0 Å². The first kappa shape index (κ1) is 20.2. The number of carbonyl (C=O) groups excluding carboxylic acids is 1. The van der Waals surface area contributed by atoms with Gasteiger partial charge in [0.15, 0.2) is 5.69 Å². The second kappa shape index (κ2) is 8.37. The minimum atomic E-state index is -3.58. The highest BCUT2D eigenvalue weighted by atomic mass is 32.2. The summed E-state index contributed by atoms with van der Waals surface area (Å²) < 4.78 is 27.4. The minimum Gasteiger partial charge on any atom is -0.320 e. The molecule has 1 fully saturated rings. The van der Waals surface area contributed by atoms with Crippen LogP contribution in [-0.4, -0.2) is 46.7 Å². The van der Waals surface area contributed by atoms with Crippen molar-refractivity contribution in [3.05, 3.63) is 66.0 Å². The van der Waals surface area contributed by atoms with Crippen molar-refractivity contribution in [2.45, 2.75) is 31.1 Å². The average molecular weight is 426 g/mol. The summed E-state index contributed by atoms with van der Waals surface area (Å²) >= 11 is 0. The van der Waals surface area contributed by atoms with E-state index in [4.69, 9.17) is 0 Å². The molecule has 156 valence electrons. The molecule has 0 unspecified atom stereocenters. The van der Waals surface area contributed by atoms with Gasteiger partial charge in [-0.15, -0.1) is 5.10 Å². The molecule has 1 N–H and O–H groups in total. The molecule has 0 saturated carbocycles. The highest BCUT2D eigenvalue weighted by molar-refractivity contribution is 7.89. The summed E-state index contributed by atoms with van der Waals surface area (Å²) in [7, 11) is -3.58. The predicted molar refractivity (Wildman–Crippen MR) is 113 cm³/mol. The van der Waals surface area contributed by atoms with Crippen LogP contribution in [0, 0.1) is 6.92 Å². The summed E-state index contributed by atoms with van der Waals surface area (Å²) in [5.41, 5.74) is 2.08. The Morgan fingerprint density at radius 2 is 1.77 bits per heavy atom. The van der Waals surface area contributed by atoms with E-state index < -0.39 is 15.9 Å². The van der Waals surface area contributed by atoms with Gasteiger partial charge in [0.05, 0.1) is 16.8 Å². The molecule has 1 aliphatic heterocycles. The zero-order valence-electron chi connectivity index (χ0n) is 16.7. The van der Waals surface area contributed by atoms with Gasteiger partial charge in [-0.25, -0.2) is 8.42 Å². The lowest BCUT2D eigenvalue weighted by Gasteiger charge is -2.26. The average Bonchev–Trinajstić information content (AvgIpc) is 3.27. The predicted octanol–water partition coefficient (Wildman–Crippen LogP) is 3.00. The standard InChI is InChI=1S/C21H23N5O3S/c1-16-10-11-18(30(28,29)25-12-6-3-7-13-25)14-19(16)23-21(27)20-15-22-26(24-20)17-8-4-2-5-9-17/h2,4-5,8-11,14-15H,3,6-7,12-13H2,1H3,(H,23,27). The van der Waals surface area contributed by atoms with Crippen LogP contribution in [0.5, 0.6) is 0 Å². The summed E-state index contributed by atoms with van der Waals surface area (Å²) in [5.74, 6) is -0.451. The lowest BCUT2D eigenvalue weighted by Crippen LogP contribution is -2.35. The van der Waals surface area contributed by atoms with E-state index in [2.05, 4.69) is 15.5 Å². The molecule has 0 spiro atoms. The molecule has 0 radical (unpaired) electrons. The van der Waals surface area contributed by atoms with E-state index in [1.54, 1.807) is 12.1 Å². The summed E-state index contributed by atoms with van der Waals surface area (Å²) in [6.07, 6.45) is 4.16. The second-order valence-electron chi connectivity index (χ2n) is 7.25. The Hall–Kier alpha value is -3.04. The van der Waals surface area contributed by atoms with Crippen LogP contribution < -0.4 is 5.32 Å². The number of para-hydroxylation sites is 1. The molecule has 1 aliphatic rings. The maximum absolute atomic E-state index is 13.0. The van der Waals surface area contributed by atoms with Crippen LogP contribution in [-0.2, 0) is 10.0 Å². The summed E-state index contributed by atoms with van der Waals surface area (Å²) in [4.78, 5) is 14.2. The molecule has 4 rings (SSSR count). The topological polar surface area (TPSA) is 97.2 Å². The molecule has 30 heavy (non-hydrogen) atoms. The zero-order valence-corrected chi connectivity index (χ0v) is 17.5. The number of amides is 1. The Labute approximate surface area is 175 Å². The fourth-order valence-corrected chi connectivity index (χ4v) is 4.93. The first-order valence-electron chi connectivity index (χ1n) is 9.85. The van der Waals surface area contributed by atoms with Crippen LogP contribution in [0.15, 0.2) is 59.6 Å². The second-order valence-corrected chi connectivity index (χ2v) is 9.19. The van der Waals surface area contributed by atoms with Crippen LogP contribution in [0.25, 0.3) is 5.69 Å². The van der Waals surface area contributed by atoms with Gasteiger partial charge >= 0.3 is 0 Å². The Morgan fingerprint density at radius 1 is 1.03 bits per heavy atom. The molecule has 1 amide bonds. The Balaban J connectivity index is 1.55. The van der Waals surface area contributed by atoms with Crippen molar-refractivity contribution >= 4 is 21.6 Å². The number of hydrogen-bond acceptors (Lipinski definition) is 5. The molecule has 9 heteroatoms. The fourth-order valence-electron chi connectivity index (χ4n) is 3.39. The van der Waals surface area contributed by atoms with Gasteiger partial charge in [0.2, 0.25) is 10.0 Å². The molecule has 2 aromatic carbocycles. The molecule has 8 nitrogen and oxygen atoms in total. The highest BCUT2D eigenvalue weighted by Crippen LogP contribution is 2.25. The summed E-state index contributed by atoms with van der Waals surface area (Å²) in [6, 6.07) is 14.1. The number of piperidine rings is 1. The Morgan fingerprint density at radius 3 is 2.50 bits per heavy atom. The van der Waals surface area contributed by atoms with Crippen molar-refractivity contribution in [1.29, 1.82) is 0 Å². The van der Waals surface area contributed by atoms with E-state index in [1.807, 2.05) is 37.3 Å². The molecule has 3 aromatic rings. The lowest BCUT2D eigenvalue weighted by atomic mass is 10.2. The van der Waals surface area contributed by atoms with Crippen LogP contribution in [0.3, 0.4) is 0 Å². The van der Waals surface area contributed by atoms with Crippen molar-refractivity contribution in [2.24, 2.45) is 0 Å². The van der Waals surface area contributed by atoms with Crippen molar-refractivity contribution in [2.75, 3.05) is 18.4 Å². The number of anilines is 1. The van der Waals surface area contributed by atoms with Crippen molar-refractivity contribution in [3.8, 4) is 5.69 Å². The van der Waals surface area contributed by atoms with Gasteiger partial charge in [-0.3, -0.25) is 4.79 Å². The minimum absolute atomic E-state index is 0.141. The number of sulfonamides is 1. The number of aromatic nitrogens is 3. The van der Waals surface area contributed by atoms with E-state index >= 15 is 0 Å². The van der Waals surface area contributed by atoms with E-state index in [1.165, 1.54) is 21.4 Å². The highest BCUT2D eigenvalue weighted by Gasteiger charge is 2.26. The maximum atomic E-state index is 13.0. The van der Waals surface area contributed by atoms with E-state index in [0.717, 1.165) is 30.5 Å². The van der Waals surface area contributed by atoms with Crippen LogP contribution in [0.1, 0.15) is 35.3 Å². The molecule has 0 bridgehead atoms. The number of rotatable bonds is 5. The normalized spacial score (nSPS) is 15.1. The smallest absolute Gasteiger partial charge is 0.277 e. The maximum Gasteiger partial charge on any atom is 0.277 e. The number of nitrogens with zero attached hydrogens (tertiary/aromatic N) is 4. The SMILES string of the molecule is Cc1ccc(S(=O)(=O)N2CCCCC2)cc1NC(=O)c1cnn(-c2ccccc2)n1. The van der Waals surface area contributed by atoms with Gasteiger partial charge in [0.25, 0.3) is 5.91 Å². The van der Waals surface area contributed by atoms with Crippen molar-refractivity contribution in [1.82, 2.24) is 19.3 Å². The first-order valence-corrected chi connectivity index (χ1v) is 11.3. The first-order chi connectivity index (χ1) is 14.4. The van der Waals surface area contributed by atoms with E-state index in [9.17, 15) is 13.2 Å². The van der Waals surface area contributed by atoms with Crippen molar-refractivity contribution in [3.63, 3.8) is 0 Å². The molecule has 1 aromatic heterocycles. The lowest BCUT2D eigenvalue weighted by molar-refractivity contribution is 0.102. The van der Waals surface area contributed by atoms with Crippen LogP contribution in [0.2, 0.25) is 0 Å². The number of aryl methyl sites for hydroxylation is 1. The molecule has 0 atom stereocenters. The molecule has 1 saturated heterocycles. The number of nitrogens with one attached hydrogen (secondary N) is 1. The largest absolute Gasteiger partial charge is 0.320 e. The fraction of sp³-hybridized carbons (Fsp3) is 0.286. The van der Waals surface area contributed by atoms with Gasteiger partial charge < -0.3 is 5.32 Å². The van der Waals surface area contributed by atoms with Crippen molar-refractivity contribution < 1.29 is 13.2 Å². The van der Waals surface area contributed by atoms with E-state index in [0.29, 0.717) is 18.8 Å². The number of benzene rings is 2. The van der Waals surface area contributed by atoms with Gasteiger partial charge in [-0.05, 0) is 49.6 Å². The molecule has 0 aliphatic carbocycles. The molecular weight excluding hydrogens is 402 g/mol. The van der Waals surface area contributed by atoms with Gasteiger partial charge in [-0.1, -0.05) is 30.7 Å². The summed E-state index contributed by atoms with van der Waals surface area (Å²) in [6.45, 7) is 2.87. The Kier molecular flexibility index (Phi) is 5.65. The van der Waals surface area contributed by atoms with Gasteiger partial charge in [0, 0.05) is 18.8 Å². The Bertz CT molecular complexity index is 1150. The number of carbonyl (C=O) groups is 1. The van der Waals surface area contributed by atoms with Gasteiger partial charge in [-0.2, -0.15) is 14.2 Å². The summed E-state index contributed by atoms with van der Waals surface area (Å²) in [5, 5.41) is 11.1. The zero-order chi connectivity index (χ0) is 21.1. The van der Waals surface area contributed by atoms with E-state index in [-0.39, 0.29) is 10.6 Å². The number of hydrogen-bond donors (Lipinski definition) is 1. The molecular formula is C21H23N5O3S. The molecule has 2 heterocycles. The van der Waals surface area contributed by atoms with Crippen LogP contribution in [0.4, 0.5) is 5.69 Å². The third-order valence-corrected chi connectivity index (χ3v) is 7.02.